The molecule has 0 aliphatic heterocycles. The summed E-state index contributed by atoms with van der Waals surface area (Å²) in [6.45, 7) is 5.95. The fraction of sp³-hybridized carbons (Fsp3) is 0.833. The van der Waals surface area contributed by atoms with E-state index in [9.17, 15) is 22.8 Å². The maximum absolute atomic E-state index is 12.1. The Morgan fingerprint density at radius 1 is 1.21 bits per heavy atom. The van der Waals surface area contributed by atoms with Crippen LogP contribution in [0.1, 0.15) is 40.5 Å². The minimum absolute atomic E-state index is 0.311. The summed E-state index contributed by atoms with van der Waals surface area (Å²) in [6.07, 6.45) is -5.84. The summed E-state index contributed by atoms with van der Waals surface area (Å²) in [5, 5.41) is 11.3. The molecule has 0 aromatic rings. The maximum Gasteiger partial charge on any atom is 0.391 e. The monoisotopic (exact) mass is 283 g/mol. The summed E-state index contributed by atoms with van der Waals surface area (Å²) >= 11 is 0. The number of halogens is 3. The number of carboxylic acid groups (broad SMARTS) is 1. The molecule has 0 fully saturated rings. The topological polar surface area (TPSA) is 66.4 Å². The van der Waals surface area contributed by atoms with Gasteiger partial charge in [0, 0.05) is 12.5 Å². The fourth-order valence-electron chi connectivity index (χ4n) is 1.58. The Bertz CT molecular complexity index is 342. The normalized spacial score (nSPS) is 16.8. The van der Waals surface area contributed by atoms with Crippen LogP contribution in [0.4, 0.5) is 13.2 Å². The van der Waals surface area contributed by atoms with Crippen molar-refractivity contribution in [3.8, 4) is 0 Å². The zero-order chi connectivity index (χ0) is 15.4. The molecule has 0 aliphatic rings. The van der Waals surface area contributed by atoms with Gasteiger partial charge in [-0.1, -0.05) is 13.8 Å². The summed E-state index contributed by atoms with van der Waals surface area (Å²) in [7, 11) is 0. The molecule has 0 bridgehead atoms. The van der Waals surface area contributed by atoms with Gasteiger partial charge in [-0.25, -0.2) is 0 Å². The third-order valence-corrected chi connectivity index (χ3v) is 3.24. The number of nitrogens with one attached hydrogen (secondary N) is 1. The number of rotatable bonds is 6. The molecule has 112 valence electrons. The Hall–Kier alpha value is -1.27. The van der Waals surface area contributed by atoms with Crippen LogP contribution >= 0.6 is 0 Å². The highest BCUT2D eigenvalue weighted by atomic mass is 19.4. The first-order chi connectivity index (χ1) is 8.38. The molecule has 0 aromatic carbocycles. The zero-order valence-electron chi connectivity index (χ0n) is 11.5. The van der Waals surface area contributed by atoms with E-state index in [0.29, 0.717) is 0 Å². The van der Waals surface area contributed by atoms with Crippen LogP contribution in [0, 0.1) is 11.3 Å². The second kappa shape index (κ2) is 6.25. The van der Waals surface area contributed by atoms with E-state index < -0.39 is 35.9 Å². The highest BCUT2D eigenvalue weighted by Crippen LogP contribution is 2.31. The van der Waals surface area contributed by atoms with E-state index in [1.807, 2.05) is 0 Å². The average Bonchev–Trinajstić information content (AvgIpc) is 2.12. The summed E-state index contributed by atoms with van der Waals surface area (Å²) in [4.78, 5) is 22.8. The smallest absolute Gasteiger partial charge is 0.391 e. The van der Waals surface area contributed by atoms with Gasteiger partial charge in [-0.3, -0.25) is 9.59 Å². The number of carbonyl (C=O) groups excluding carboxylic acids is 1. The molecule has 2 atom stereocenters. The van der Waals surface area contributed by atoms with E-state index in [0.717, 1.165) is 0 Å². The lowest BCUT2D eigenvalue weighted by molar-refractivity contribution is -0.154. The molecule has 1 amide bonds. The van der Waals surface area contributed by atoms with Gasteiger partial charge in [0.1, 0.15) is 0 Å². The van der Waals surface area contributed by atoms with Gasteiger partial charge in [0.2, 0.25) is 5.91 Å². The van der Waals surface area contributed by atoms with Crippen molar-refractivity contribution in [1.82, 2.24) is 5.32 Å². The summed E-state index contributed by atoms with van der Waals surface area (Å²) in [6, 6.07) is -1.07. The predicted molar refractivity (Wildman–Crippen MR) is 63.5 cm³/mol. The third kappa shape index (κ3) is 5.94. The molecule has 4 nitrogen and oxygen atoms in total. The lowest BCUT2D eigenvalue weighted by atomic mass is 9.76. The van der Waals surface area contributed by atoms with E-state index >= 15 is 0 Å². The molecule has 19 heavy (non-hydrogen) atoms. The van der Waals surface area contributed by atoms with Gasteiger partial charge >= 0.3 is 12.1 Å². The standard InChI is InChI=1S/C12H20F3NO3/c1-7(2)11(4,10(18)19)6-9(17)16-8(3)5-12(13,14)15/h7-8H,5-6H2,1-4H3,(H,16,17)(H,18,19). The largest absolute Gasteiger partial charge is 0.481 e. The minimum atomic E-state index is -4.36. The summed E-state index contributed by atoms with van der Waals surface area (Å²) in [5.41, 5.74) is -1.29. The van der Waals surface area contributed by atoms with Crippen molar-refractivity contribution in [3.63, 3.8) is 0 Å². The molecule has 0 spiro atoms. The highest BCUT2D eigenvalue weighted by molar-refractivity contribution is 5.85. The van der Waals surface area contributed by atoms with Gasteiger partial charge in [-0.2, -0.15) is 13.2 Å². The maximum atomic E-state index is 12.1. The van der Waals surface area contributed by atoms with Crippen LogP contribution in [0.25, 0.3) is 0 Å². The Balaban J connectivity index is 4.57. The fourth-order valence-corrected chi connectivity index (χ4v) is 1.58. The SMILES string of the molecule is CC(CC(F)(F)F)NC(=O)CC(C)(C(=O)O)C(C)C. The van der Waals surface area contributed by atoms with E-state index in [1.165, 1.54) is 13.8 Å². The number of carboxylic acids is 1. The second-order valence-electron chi connectivity index (χ2n) is 5.34. The first kappa shape index (κ1) is 17.7. The number of amides is 1. The molecule has 7 heteroatoms. The molecule has 0 rings (SSSR count). The number of carbonyl (C=O) groups is 2. The van der Waals surface area contributed by atoms with Crippen molar-refractivity contribution in [3.05, 3.63) is 0 Å². The van der Waals surface area contributed by atoms with Crippen molar-refractivity contribution in [2.24, 2.45) is 11.3 Å². The van der Waals surface area contributed by atoms with Gasteiger partial charge in [-0.05, 0) is 19.8 Å². The molecule has 0 aromatic heterocycles. The van der Waals surface area contributed by atoms with Gasteiger partial charge in [0.25, 0.3) is 0 Å². The van der Waals surface area contributed by atoms with Crippen LogP contribution in [0.2, 0.25) is 0 Å². The van der Waals surface area contributed by atoms with Crippen LogP contribution in [0.15, 0.2) is 0 Å². The molecule has 0 radical (unpaired) electrons. The zero-order valence-corrected chi connectivity index (χ0v) is 11.5. The second-order valence-corrected chi connectivity index (χ2v) is 5.34. The van der Waals surface area contributed by atoms with Crippen molar-refractivity contribution < 1.29 is 27.9 Å². The number of aliphatic carboxylic acids is 1. The molecule has 0 heterocycles. The molecule has 0 saturated carbocycles. The van der Waals surface area contributed by atoms with Crippen LogP contribution < -0.4 is 5.32 Å². The Morgan fingerprint density at radius 3 is 2.00 bits per heavy atom. The molecule has 0 aliphatic carbocycles. The van der Waals surface area contributed by atoms with Crippen molar-refractivity contribution in [1.29, 1.82) is 0 Å². The Kier molecular flexibility index (Phi) is 5.83. The van der Waals surface area contributed by atoms with Gasteiger partial charge in [0.15, 0.2) is 0 Å². The summed E-state index contributed by atoms with van der Waals surface area (Å²) in [5.74, 6) is -2.13. The number of hydrogen-bond donors (Lipinski definition) is 2. The lowest BCUT2D eigenvalue weighted by Crippen LogP contribution is -2.42. The molecular weight excluding hydrogens is 263 g/mol. The molecule has 2 unspecified atom stereocenters. The lowest BCUT2D eigenvalue weighted by Gasteiger charge is -2.29. The molecule has 0 saturated heterocycles. The average molecular weight is 283 g/mol. The third-order valence-electron chi connectivity index (χ3n) is 3.24. The van der Waals surface area contributed by atoms with Gasteiger partial charge < -0.3 is 10.4 Å². The first-order valence-electron chi connectivity index (χ1n) is 5.98. The van der Waals surface area contributed by atoms with E-state index in [2.05, 4.69) is 5.32 Å². The van der Waals surface area contributed by atoms with Crippen molar-refractivity contribution in [2.45, 2.75) is 52.8 Å². The first-order valence-corrected chi connectivity index (χ1v) is 5.98. The predicted octanol–water partition coefficient (Wildman–Crippen LogP) is 2.58. The van der Waals surface area contributed by atoms with E-state index in [-0.39, 0.29) is 12.3 Å². The Morgan fingerprint density at radius 2 is 1.68 bits per heavy atom. The van der Waals surface area contributed by atoms with Crippen LogP contribution in [-0.4, -0.2) is 29.2 Å². The van der Waals surface area contributed by atoms with E-state index in [4.69, 9.17) is 5.11 Å². The quantitative estimate of drug-likeness (QED) is 0.787. The molecule has 2 N–H and O–H groups in total. The Labute approximate surface area is 110 Å². The number of alkyl halides is 3. The van der Waals surface area contributed by atoms with Crippen molar-refractivity contribution in [2.75, 3.05) is 0 Å². The van der Waals surface area contributed by atoms with Crippen molar-refractivity contribution >= 4 is 11.9 Å². The number of hydrogen-bond acceptors (Lipinski definition) is 2. The highest BCUT2D eigenvalue weighted by Gasteiger charge is 2.39. The van der Waals surface area contributed by atoms with Crippen LogP contribution in [0.3, 0.4) is 0 Å². The van der Waals surface area contributed by atoms with Crippen LogP contribution in [0.5, 0.6) is 0 Å². The van der Waals surface area contributed by atoms with Crippen LogP contribution in [-0.2, 0) is 9.59 Å². The minimum Gasteiger partial charge on any atom is -0.481 e. The van der Waals surface area contributed by atoms with Gasteiger partial charge in [0.05, 0.1) is 11.8 Å². The summed E-state index contributed by atoms with van der Waals surface area (Å²) < 4.78 is 36.3. The molecular formula is C12H20F3NO3. The van der Waals surface area contributed by atoms with Gasteiger partial charge in [-0.15, -0.1) is 0 Å². The van der Waals surface area contributed by atoms with E-state index in [1.54, 1.807) is 13.8 Å².